The van der Waals surface area contributed by atoms with Gasteiger partial charge < -0.3 is 18.9 Å². The Morgan fingerprint density at radius 3 is 1.69 bits per heavy atom. The number of ether oxygens (including phenoxy) is 4. The first-order valence-corrected chi connectivity index (χ1v) is 4.80. The topological polar surface area (TPSA) is 36.9 Å². The Morgan fingerprint density at radius 2 is 1.38 bits per heavy atom. The van der Waals surface area contributed by atoms with E-state index in [1.165, 1.54) is 0 Å². The van der Waals surface area contributed by atoms with Crippen molar-refractivity contribution in [1.82, 2.24) is 0 Å². The summed E-state index contributed by atoms with van der Waals surface area (Å²) in [7, 11) is 3.26. The Balaban J connectivity index is 3.28. The van der Waals surface area contributed by atoms with E-state index in [9.17, 15) is 0 Å². The molecule has 0 atom stereocenters. The fraction of sp³-hybridized carbons (Fsp3) is 1.00. The maximum absolute atomic E-state index is 5.30. The monoisotopic (exact) mass is 210 g/mol. The molecule has 0 unspecified atom stereocenters. The molecule has 0 bridgehead atoms. The fourth-order valence-corrected chi connectivity index (χ4v) is 0.890. The van der Waals surface area contributed by atoms with Gasteiger partial charge in [-0.15, -0.1) is 0 Å². The van der Waals surface area contributed by atoms with Gasteiger partial charge in [0, 0.05) is 20.0 Å². The first-order valence-electron chi connectivity index (χ1n) is 4.17. The summed E-state index contributed by atoms with van der Waals surface area (Å²) in [6, 6.07) is 0. The second-order valence-electron chi connectivity index (χ2n) is 2.34. The van der Waals surface area contributed by atoms with Gasteiger partial charge in [0.25, 0.3) is 0 Å². The minimum absolute atomic E-state index is 0.270. The second kappa shape index (κ2) is 10.3. The third-order valence-corrected chi connectivity index (χ3v) is 1.63. The van der Waals surface area contributed by atoms with Crippen molar-refractivity contribution in [3.63, 3.8) is 0 Å². The standard InChI is InChI=1S/C8H18O4S/c1-9-3-5-11-8(7-13)12-6-4-10-2/h8,13H,3-7H2,1-2H3. The molecular weight excluding hydrogens is 192 g/mol. The Labute approximate surface area is 84.9 Å². The van der Waals surface area contributed by atoms with E-state index in [0.717, 1.165) is 0 Å². The minimum Gasteiger partial charge on any atom is -0.382 e. The summed E-state index contributed by atoms with van der Waals surface area (Å²) in [5.74, 6) is 0.535. The van der Waals surface area contributed by atoms with Crippen LogP contribution in [0.3, 0.4) is 0 Å². The fourth-order valence-electron chi connectivity index (χ4n) is 0.679. The summed E-state index contributed by atoms with van der Waals surface area (Å²) < 4.78 is 20.3. The Hall–Kier alpha value is 0.190. The van der Waals surface area contributed by atoms with Crippen LogP contribution in [-0.2, 0) is 18.9 Å². The third kappa shape index (κ3) is 8.52. The van der Waals surface area contributed by atoms with Gasteiger partial charge in [-0.3, -0.25) is 0 Å². The number of hydrogen-bond acceptors (Lipinski definition) is 5. The first kappa shape index (κ1) is 13.2. The van der Waals surface area contributed by atoms with Crippen LogP contribution in [0.15, 0.2) is 0 Å². The zero-order valence-corrected chi connectivity index (χ0v) is 9.09. The maximum atomic E-state index is 5.30. The lowest BCUT2D eigenvalue weighted by Gasteiger charge is -2.15. The van der Waals surface area contributed by atoms with Gasteiger partial charge in [-0.05, 0) is 0 Å². The van der Waals surface area contributed by atoms with Crippen molar-refractivity contribution in [2.75, 3.05) is 46.4 Å². The van der Waals surface area contributed by atoms with Crippen LogP contribution in [0.1, 0.15) is 0 Å². The van der Waals surface area contributed by atoms with E-state index in [-0.39, 0.29) is 6.29 Å². The van der Waals surface area contributed by atoms with Crippen LogP contribution in [0.25, 0.3) is 0 Å². The highest BCUT2D eigenvalue weighted by Crippen LogP contribution is 1.97. The van der Waals surface area contributed by atoms with Crippen molar-refractivity contribution in [1.29, 1.82) is 0 Å². The molecule has 0 saturated carbocycles. The summed E-state index contributed by atoms with van der Waals surface area (Å²) >= 11 is 4.09. The van der Waals surface area contributed by atoms with Crippen LogP contribution in [0.4, 0.5) is 0 Å². The normalized spacial score (nSPS) is 11.1. The molecule has 0 heterocycles. The minimum atomic E-state index is -0.270. The second-order valence-corrected chi connectivity index (χ2v) is 2.70. The highest BCUT2D eigenvalue weighted by Gasteiger charge is 2.05. The molecule has 0 aliphatic heterocycles. The van der Waals surface area contributed by atoms with Crippen LogP contribution < -0.4 is 0 Å². The van der Waals surface area contributed by atoms with E-state index in [4.69, 9.17) is 18.9 Å². The molecule has 13 heavy (non-hydrogen) atoms. The average Bonchev–Trinajstić information content (AvgIpc) is 2.16. The van der Waals surface area contributed by atoms with Crippen molar-refractivity contribution in [2.45, 2.75) is 6.29 Å². The van der Waals surface area contributed by atoms with Crippen LogP contribution in [-0.4, -0.2) is 52.7 Å². The van der Waals surface area contributed by atoms with Crippen molar-refractivity contribution >= 4 is 12.6 Å². The molecule has 5 heteroatoms. The average molecular weight is 210 g/mol. The summed E-state index contributed by atoms with van der Waals surface area (Å²) in [6.45, 7) is 2.18. The lowest BCUT2D eigenvalue weighted by Crippen LogP contribution is -2.23. The summed E-state index contributed by atoms with van der Waals surface area (Å²) in [5, 5.41) is 0. The van der Waals surface area contributed by atoms with Crippen molar-refractivity contribution < 1.29 is 18.9 Å². The SMILES string of the molecule is COCCOC(CS)OCCOC. The van der Waals surface area contributed by atoms with Crippen LogP contribution >= 0.6 is 12.6 Å². The van der Waals surface area contributed by atoms with Gasteiger partial charge in [-0.1, -0.05) is 0 Å². The molecule has 4 nitrogen and oxygen atoms in total. The van der Waals surface area contributed by atoms with Crippen LogP contribution in [0, 0.1) is 0 Å². The van der Waals surface area contributed by atoms with Gasteiger partial charge in [0.15, 0.2) is 6.29 Å². The molecule has 0 aromatic carbocycles. The Morgan fingerprint density at radius 1 is 0.923 bits per heavy atom. The smallest absolute Gasteiger partial charge is 0.166 e. The van der Waals surface area contributed by atoms with E-state index in [1.807, 2.05) is 0 Å². The highest BCUT2D eigenvalue weighted by molar-refractivity contribution is 7.80. The lowest BCUT2D eigenvalue weighted by atomic mass is 10.6. The largest absolute Gasteiger partial charge is 0.382 e. The zero-order valence-electron chi connectivity index (χ0n) is 8.19. The van der Waals surface area contributed by atoms with Gasteiger partial charge >= 0.3 is 0 Å². The third-order valence-electron chi connectivity index (χ3n) is 1.33. The number of hydrogen-bond donors (Lipinski definition) is 1. The van der Waals surface area contributed by atoms with Gasteiger partial charge in [0.1, 0.15) is 0 Å². The molecular formula is C8H18O4S. The predicted molar refractivity (Wildman–Crippen MR) is 53.3 cm³/mol. The summed E-state index contributed by atoms with van der Waals surface area (Å²) in [4.78, 5) is 0. The molecule has 0 fully saturated rings. The summed E-state index contributed by atoms with van der Waals surface area (Å²) in [5.41, 5.74) is 0. The zero-order chi connectivity index (χ0) is 9.94. The molecule has 0 aliphatic rings. The van der Waals surface area contributed by atoms with E-state index >= 15 is 0 Å². The maximum Gasteiger partial charge on any atom is 0.166 e. The van der Waals surface area contributed by atoms with E-state index in [1.54, 1.807) is 14.2 Å². The van der Waals surface area contributed by atoms with Crippen LogP contribution in [0.5, 0.6) is 0 Å². The molecule has 0 N–H and O–H groups in total. The number of thiol groups is 1. The molecule has 0 rings (SSSR count). The Kier molecular flexibility index (Phi) is 10.4. The molecule has 0 aromatic rings. The molecule has 0 aliphatic carbocycles. The van der Waals surface area contributed by atoms with Crippen molar-refractivity contribution in [2.24, 2.45) is 0 Å². The molecule has 0 aromatic heterocycles. The summed E-state index contributed by atoms with van der Waals surface area (Å²) in [6.07, 6.45) is -0.270. The van der Waals surface area contributed by atoms with Gasteiger partial charge in [-0.2, -0.15) is 12.6 Å². The quantitative estimate of drug-likeness (QED) is 0.343. The van der Waals surface area contributed by atoms with Gasteiger partial charge in [0.05, 0.1) is 26.4 Å². The van der Waals surface area contributed by atoms with E-state index < -0.39 is 0 Å². The molecule has 0 saturated heterocycles. The van der Waals surface area contributed by atoms with Crippen molar-refractivity contribution in [3.05, 3.63) is 0 Å². The first-order chi connectivity index (χ1) is 6.35. The van der Waals surface area contributed by atoms with Gasteiger partial charge in [0.2, 0.25) is 0 Å². The number of rotatable bonds is 9. The van der Waals surface area contributed by atoms with E-state index in [0.29, 0.717) is 32.2 Å². The van der Waals surface area contributed by atoms with E-state index in [2.05, 4.69) is 12.6 Å². The van der Waals surface area contributed by atoms with Gasteiger partial charge in [-0.25, -0.2) is 0 Å². The molecule has 0 radical (unpaired) electrons. The molecule has 0 spiro atoms. The molecule has 0 amide bonds. The lowest BCUT2D eigenvalue weighted by molar-refractivity contribution is -0.140. The molecule has 80 valence electrons. The van der Waals surface area contributed by atoms with Crippen LogP contribution in [0.2, 0.25) is 0 Å². The predicted octanol–water partition coefficient (Wildman–Crippen LogP) is 0.568. The van der Waals surface area contributed by atoms with Crippen molar-refractivity contribution in [3.8, 4) is 0 Å². The number of methoxy groups -OCH3 is 2. The Bertz CT molecular complexity index is 92.1. The highest BCUT2D eigenvalue weighted by atomic mass is 32.1.